The van der Waals surface area contributed by atoms with Gasteiger partial charge in [0.15, 0.2) is 0 Å². The van der Waals surface area contributed by atoms with E-state index < -0.39 is 46.8 Å². The Bertz CT molecular complexity index is 779. The quantitative estimate of drug-likeness (QED) is 0.364. The van der Waals surface area contributed by atoms with Crippen LogP contribution >= 0.6 is 0 Å². The van der Waals surface area contributed by atoms with Crippen molar-refractivity contribution in [2.75, 3.05) is 6.54 Å². The van der Waals surface area contributed by atoms with Crippen molar-refractivity contribution in [2.45, 2.75) is 64.1 Å². The minimum atomic E-state index is -1.69. The SMILES string of the molecule is CC(C)(C)[C@@]1(C(=O)NNC(=O)[C@@H]2CC[C@@H]3CN2C(=O)N3O)CCC(=O)N1C(=O)O. The molecule has 0 aliphatic carbocycles. The maximum atomic E-state index is 13.0. The number of urea groups is 1. The lowest BCUT2D eigenvalue weighted by molar-refractivity contribution is -0.147. The average molecular weight is 411 g/mol. The van der Waals surface area contributed by atoms with Crippen LogP contribution in [0.3, 0.4) is 0 Å². The van der Waals surface area contributed by atoms with Crippen molar-refractivity contribution >= 4 is 29.8 Å². The molecule has 0 aromatic rings. The lowest BCUT2D eigenvalue weighted by atomic mass is 9.71. The highest BCUT2D eigenvalue weighted by atomic mass is 16.5. The molecule has 4 N–H and O–H groups in total. The van der Waals surface area contributed by atoms with Crippen LogP contribution in [-0.2, 0) is 14.4 Å². The minimum absolute atomic E-state index is 0.0153. The van der Waals surface area contributed by atoms with E-state index in [0.29, 0.717) is 22.8 Å². The predicted molar refractivity (Wildman–Crippen MR) is 95.1 cm³/mol. The van der Waals surface area contributed by atoms with Crippen LogP contribution in [0.5, 0.6) is 0 Å². The lowest BCUT2D eigenvalue weighted by Crippen LogP contribution is -2.67. The summed E-state index contributed by atoms with van der Waals surface area (Å²) in [4.78, 5) is 63.2. The molecule has 3 heterocycles. The highest BCUT2D eigenvalue weighted by Gasteiger charge is 2.61. The van der Waals surface area contributed by atoms with Gasteiger partial charge in [-0.3, -0.25) is 30.4 Å². The monoisotopic (exact) mass is 411 g/mol. The third kappa shape index (κ3) is 3.07. The number of rotatable bonds is 2. The first-order valence-electron chi connectivity index (χ1n) is 9.37. The first kappa shape index (κ1) is 20.8. The Kier molecular flexibility index (Phi) is 4.93. The maximum Gasteiger partial charge on any atom is 0.415 e. The normalized spacial score (nSPS) is 29.3. The number of imide groups is 1. The van der Waals surface area contributed by atoms with Gasteiger partial charge in [-0.1, -0.05) is 20.8 Å². The van der Waals surface area contributed by atoms with E-state index >= 15 is 0 Å². The van der Waals surface area contributed by atoms with Crippen molar-refractivity contribution in [3.05, 3.63) is 0 Å². The van der Waals surface area contributed by atoms with Gasteiger partial charge in [-0.25, -0.2) is 19.6 Å². The number of nitrogens with zero attached hydrogens (tertiary/aromatic N) is 3. The largest absolute Gasteiger partial charge is 0.465 e. The lowest BCUT2D eigenvalue weighted by Gasteiger charge is -2.44. The molecule has 12 heteroatoms. The fraction of sp³-hybridized carbons (Fsp3) is 0.706. The second-order valence-electron chi connectivity index (χ2n) is 8.59. The summed E-state index contributed by atoms with van der Waals surface area (Å²) in [5, 5.41) is 19.8. The van der Waals surface area contributed by atoms with Gasteiger partial charge in [0.05, 0.1) is 6.04 Å². The van der Waals surface area contributed by atoms with Gasteiger partial charge in [0.2, 0.25) is 5.91 Å². The Hall–Kier alpha value is -2.89. The van der Waals surface area contributed by atoms with E-state index in [-0.39, 0.29) is 25.4 Å². The Morgan fingerprint density at radius 1 is 1.14 bits per heavy atom. The number of carbonyl (C=O) groups excluding carboxylic acids is 4. The van der Waals surface area contributed by atoms with E-state index in [9.17, 15) is 34.3 Å². The van der Waals surface area contributed by atoms with Crippen LogP contribution in [0.4, 0.5) is 9.59 Å². The topological polar surface area (TPSA) is 160 Å². The average Bonchev–Trinajstić information content (AvgIpc) is 3.11. The van der Waals surface area contributed by atoms with Gasteiger partial charge in [0.25, 0.3) is 11.8 Å². The van der Waals surface area contributed by atoms with Crippen molar-refractivity contribution in [3.8, 4) is 0 Å². The van der Waals surface area contributed by atoms with E-state index in [0.717, 1.165) is 0 Å². The molecule has 3 aliphatic rings. The summed E-state index contributed by atoms with van der Waals surface area (Å²) in [6, 6.07) is -1.91. The molecule has 3 fully saturated rings. The number of nitrogens with one attached hydrogen (secondary N) is 2. The smallest absolute Gasteiger partial charge is 0.415 e. The van der Waals surface area contributed by atoms with Crippen LogP contribution in [0.25, 0.3) is 0 Å². The Morgan fingerprint density at radius 2 is 1.79 bits per heavy atom. The number of carbonyl (C=O) groups is 5. The van der Waals surface area contributed by atoms with E-state index in [1.54, 1.807) is 20.8 Å². The van der Waals surface area contributed by atoms with Crippen molar-refractivity contribution in [1.29, 1.82) is 0 Å². The van der Waals surface area contributed by atoms with Crippen LogP contribution in [0, 0.1) is 5.41 Å². The third-order valence-corrected chi connectivity index (χ3v) is 6.09. The molecule has 0 aromatic carbocycles. The summed E-state index contributed by atoms with van der Waals surface area (Å²) in [6.45, 7) is 5.13. The third-order valence-electron chi connectivity index (χ3n) is 6.09. The Morgan fingerprint density at radius 3 is 2.38 bits per heavy atom. The molecule has 29 heavy (non-hydrogen) atoms. The zero-order chi connectivity index (χ0) is 21.7. The molecule has 3 rings (SSSR count). The molecule has 3 saturated heterocycles. The van der Waals surface area contributed by atoms with Crippen molar-refractivity contribution in [1.82, 2.24) is 25.7 Å². The van der Waals surface area contributed by atoms with Gasteiger partial charge in [-0.15, -0.1) is 0 Å². The summed E-state index contributed by atoms with van der Waals surface area (Å²) in [5.41, 5.74) is 1.88. The van der Waals surface area contributed by atoms with Crippen molar-refractivity contribution < 1.29 is 34.3 Å². The number of hydrogen-bond donors (Lipinski definition) is 4. The fourth-order valence-electron chi connectivity index (χ4n) is 4.49. The van der Waals surface area contributed by atoms with Crippen molar-refractivity contribution in [3.63, 3.8) is 0 Å². The molecule has 2 bridgehead atoms. The fourth-order valence-corrected chi connectivity index (χ4v) is 4.49. The summed E-state index contributed by atoms with van der Waals surface area (Å²) in [6.07, 6.45) is -0.924. The molecule has 0 unspecified atom stereocenters. The van der Waals surface area contributed by atoms with Gasteiger partial charge in [0, 0.05) is 13.0 Å². The molecule has 0 radical (unpaired) electrons. The van der Waals surface area contributed by atoms with Gasteiger partial charge in [-0.05, 0) is 24.7 Å². The van der Waals surface area contributed by atoms with Crippen LogP contribution in [-0.4, -0.2) is 79.2 Å². The van der Waals surface area contributed by atoms with E-state index in [2.05, 4.69) is 10.9 Å². The molecule has 12 nitrogen and oxygen atoms in total. The van der Waals surface area contributed by atoms with E-state index in [4.69, 9.17) is 0 Å². The minimum Gasteiger partial charge on any atom is -0.465 e. The number of carboxylic acid groups (broad SMARTS) is 1. The van der Waals surface area contributed by atoms with Crippen molar-refractivity contribution in [2.24, 2.45) is 5.41 Å². The second-order valence-corrected chi connectivity index (χ2v) is 8.59. The molecular formula is C17H25N5O7. The number of amides is 6. The molecule has 0 aromatic heterocycles. The maximum absolute atomic E-state index is 13.0. The van der Waals surface area contributed by atoms with Crippen LogP contribution < -0.4 is 10.9 Å². The number of hydrazine groups is 1. The van der Waals surface area contributed by atoms with Crippen LogP contribution in [0.2, 0.25) is 0 Å². The summed E-state index contributed by atoms with van der Waals surface area (Å²) < 4.78 is 0. The molecule has 0 saturated carbocycles. The number of likely N-dealkylation sites (tertiary alicyclic amines) is 1. The number of fused-ring (bicyclic) bond motifs is 2. The first-order chi connectivity index (χ1) is 13.4. The van der Waals surface area contributed by atoms with E-state index in [1.165, 1.54) is 4.90 Å². The Balaban J connectivity index is 1.75. The molecule has 3 atom stereocenters. The van der Waals surface area contributed by atoms with Gasteiger partial charge in [-0.2, -0.15) is 0 Å². The summed E-state index contributed by atoms with van der Waals surface area (Å²) >= 11 is 0. The van der Waals surface area contributed by atoms with Crippen LogP contribution in [0.15, 0.2) is 0 Å². The van der Waals surface area contributed by atoms with Gasteiger partial charge >= 0.3 is 12.1 Å². The molecule has 0 spiro atoms. The van der Waals surface area contributed by atoms with Gasteiger partial charge < -0.3 is 10.0 Å². The van der Waals surface area contributed by atoms with E-state index in [1.807, 2.05) is 0 Å². The molecule has 6 amide bonds. The zero-order valence-corrected chi connectivity index (χ0v) is 16.5. The number of hydroxylamine groups is 2. The summed E-state index contributed by atoms with van der Waals surface area (Å²) in [7, 11) is 0. The molecular weight excluding hydrogens is 386 g/mol. The highest BCUT2D eigenvalue weighted by Crippen LogP contribution is 2.44. The number of piperidine rings is 1. The first-order valence-corrected chi connectivity index (χ1v) is 9.37. The Labute approximate surface area is 166 Å². The number of hydrogen-bond acceptors (Lipinski definition) is 6. The zero-order valence-electron chi connectivity index (χ0n) is 16.5. The standard InChI is InChI=1S/C17H25N5O7/c1-16(2,3)17(7-6-11(23)21(17)15(27)28)13(25)19-18-12(24)10-5-4-9-8-20(10)14(26)22(9)29/h9-10,29H,4-8H2,1-3H3,(H,18,24)(H,19,25)(H,27,28)/t9-,10+,17+/m1/s1. The second kappa shape index (κ2) is 6.87. The molecule has 160 valence electrons. The summed E-state index contributed by atoms with van der Waals surface area (Å²) in [5.74, 6) is -2.16. The van der Waals surface area contributed by atoms with Gasteiger partial charge in [0.1, 0.15) is 11.6 Å². The van der Waals surface area contributed by atoms with Crippen LogP contribution in [0.1, 0.15) is 46.5 Å². The predicted octanol–water partition coefficient (Wildman–Crippen LogP) is -0.123. The molecule has 3 aliphatic heterocycles. The highest BCUT2D eigenvalue weighted by molar-refractivity contribution is 6.04.